The summed E-state index contributed by atoms with van der Waals surface area (Å²) >= 11 is 0. The van der Waals surface area contributed by atoms with Gasteiger partial charge in [0.2, 0.25) is 0 Å². The Kier molecular flexibility index (Phi) is 3.73. The molecule has 1 aliphatic heterocycles. The van der Waals surface area contributed by atoms with Crippen LogP contribution in [0, 0.1) is 6.92 Å². The highest BCUT2D eigenvalue weighted by Gasteiger charge is 2.42. The van der Waals surface area contributed by atoms with Crippen molar-refractivity contribution in [1.82, 2.24) is 14.5 Å². The van der Waals surface area contributed by atoms with Crippen molar-refractivity contribution in [2.75, 3.05) is 6.61 Å². The standard InChI is InChI=1S/C17H19N3O4/c1-9-14-10-4-2-3-5-11(10)20(17(14)19-8-18-9)6-12-15(22)16(23)13(7-21)24-12/h2-5,8,12-13,15-16,21-23H,6-7H2,1H3/t12-,13+,15-,16+/m0/s1. The predicted octanol–water partition coefficient (Wildman–Crippen LogP) is 0.374. The summed E-state index contributed by atoms with van der Waals surface area (Å²) in [6, 6.07) is 7.91. The van der Waals surface area contributed by atoms with Gasteiger partial charge in [0.15, 0.2) is 0 Å². The molecule has 4 rings (SSSR count). The summed E-state index contributed by atoms with van der Waals surface area (Å²) in [5, 5.41) is 31.4. The van der Waals surface area contributed by atoms with Gasteiger partial charge in [0, 0.05) is 10.8 Å². The third kappa shape index (κ3) is 2.21. The van der Waals surface area contributed by atoms with E-state index in [0.29, 0.717) is 6.54 Å². The zero-order valence-electron chi connectivity index (χ0n) is 13.2. The highest BCUT2D eigenvalue weighted by Crippen LogP contribution is 2.31. The van der Waals surface area contributed by atoms with Gasteiger partial charge in [-0.25, -0.2) is 9.97 Å². The van der Waals surface area contributed by atoms with Crippen molar-refractivity contribution in [2.45, 2.75) is 37.9 Å². The van der Waals surface area contributed by atoms with Crippen LogP contribution < -0.4 is 0 Å². The highest BCUT2D eigenvalue weighted by molar-refractivity contribution is 6.07. The van der Waals surface area contributed by atoms with Crippen molar-refractivity contribution in [2.24, 2.45) is 0 Å². The molecule has 4 atom stereocenters. The van der Waals surface area contributed by atoms with Gasteiger partial charge < -0.3 is 24.6 Å². The molecule has 7 nitrogen and oxygen atoms in total. The van der Waals surface area contributed by atoms with Gasteiger partial charge in [-0.3, -0.25) is 0 Å². The number of ether oxygens (including phenoxy) is 1. The van der Waals surface area contributed by atoms with Crippen LogP contribution in [0.4, 0.5) is 0 Å². The Bertz CT molecular complexity index is 894. The summed E-state index contributed by atoms with van der Waals surface area (Å²) in [4.78, 5) is 8.68. The molecule has 3 N–H and O–H groups in total. The van der Waals surface area contributed by atoms with Gasteiger partial charge in [0.1, 0.15) is 36.4 Å². The molecule has 0 amide bonds. The molecule has 1 aromatic carbocycles. The predicted molar refractivity (Wildman–Crippen MR) is 87.5 cm³/mol. The highest BCUT2D eigenvalue weighted by atomic mass is 16.6. The number of hydrogen-bond acceptors (Lipinski definition) is 6. The molecule has 2 aromatic heterocycles. The van der Waals surface area contributed by atoms with Gasteiger partial charge in [0.05, 0.1) is 24.4 Å². The fourth-order valence-electron chi connectivity index (χ4n) is 3.51. The second-order valence-corrected chi connectivity index (χ2v) is 6.16. The van der Waals surface area contributed by atoms with E-state index in [1.54, 1.807) is 0 Å². The van der Waals surface area contributed by atoms with E-state index in [4.69, 9.17) is 4.74 Å². The summed E-state index contributed by atoms with van der Waals surface area (Å²) in [7, 11) is 0. The van der Waals surface area contributed by atoms with E-state index in [1.165, 1.54) is 6.33 Å². The van der Waals surface area contributed by atoms with Crippen LogP contribution >= 0.6 is 0 Å². The fraction of sp³-hybridized carbons (Fsp3) is 0.412. The quantitative estimate of drug-likeness (QED) is 0.642. The Hall–Kier alpha value is -2.06. The Balaban J connectivity index is 1.83. The zero-order chi connectivity index (χ0) is 16.8. The smallest absolute Gasteiger partial charge is 0.144 e. The molecule has 3 heterocycles. The van der Waals surface area contributed by atoms with Crippen LogP contribution in [0.3, 0.4) is 0 Å². The van der Waals surface area contributed by atoms with E-state index >= 15 is 0 Å². The molecule has 0 unspecified atom stereocenters. The molecule has 1 aliphatic rings. The lowest BCUT2D eigenvalue weighted by Crippen LogP contribution is -2.35. The van der Waals surface area contributed by atoms with Crippen LogP contribution in [0.5, 0.6) is 0 Å². The number of aromatic nitrogens is 3. The van der Waals surface area contributed by atoms with Crippen LogP contribution in [0.15, 0.2) is 30.6 Å². The molecule has 126 valence electrons. The molecular formula is C17H19N3O4. The van der Waals surface area contributed by atoms with Gasteiger partial charge in [-0.15, -0.1) is 0 Å². The maximum atomic E-state index is 10.2. The lowest BCUT2D eigenvalue weighted by Gasteiger charge is -2.16. The largest absolute Gasteiger partial charge is 0.394 e. The third-order valence-corrected chi connectivity index (χ3v) is 4.74. The van der Waals surface area contributed by atoms with Crippen LogP contribution in [0.1, 0.15) is 5.69 Å². The Morgan fingerprint density at radius 2 is 1.88 bits per heavy atom. The molecule has 3 aromatic rings. The van der Waals surface area contributed by atoms with Crippen molar-refractivity contribution < 1.29 is 20.1 Å². The third-order valence-electron chi connectivity index (χ3n) is 4.74. The summed E-state index contributed by atoms with van der Waals surface area (Å²) in [5.41, 5.74) is 2.62. The van der Waals surface area contributed by atoms with Crippen LogP contribution in [0.2, 0.25) is 0 Å². The molecular weight excluding hydrogens is 310 g/mol. The first-order valence-electron chi connectivity index (χ1n) is 7.92. The maximum Gasteiger partial charge on any atom is 0.144 e. The van der Waals surface area contributed by atoms with Gasteiger partial charge in [-0.1, -0.05) is 18.2 Å². The number of fused-ring (bicyclic) bond motifs is 3. The first-order valence-corrected chi connectivity index (χ1v) is 7.92. The second kappa shape index (κ2) is 5.78. The van der Waals surface area contributed by atoms with Crippen molar-refractivity contribution in [3.05, 3.63) is 36.3 Å². The molecule has 0 radical (unpaired) electrons. The molecule has 1 fully saturated rings. The average Bonchev–Trinajstić information content (AvgIpc) is 3.06. The minimum absolute atomic E-state index is 0.329. The maximum absolute atomic E-state index is 10.2. The second-order valence-electron chi connectivity index (χ2n) is 6.16. The van der Waals surface area contributed by atoms with E-state index in [-0.39, 0.29) is 6.61 Å². The summed E-state index contributed by atoms with van der Waals surface area (Å²) in [6.07, 6.45) is -2.02. The molecule has 0 spiro atoms. The SMILES string of the molecule is Cc1ncnc2c1c1ccccc1n2C[C@@H]1O[C@H](CO)[C@@H](O)[C@H]1O. The van der Waals surface area contributed by atoms with E-state index in [2.05, 4.69) is 9.97 Å². The molecule has 1 saturated heterocycles. The number of para-hydroxylation sites is 1. The number of rotatable bonds is 3. The normalized spacial score (nSPS) is 27.3. The molecule has 24 heavy (non-hydrogen) atoms. The number of benzene rings is 1. The number of aliphatic hydroxyl groups excluding tert-OH is 3. The number of nitrogens with zero attached hydrogens (tertiary/aromatic N) is 3. The van der Waals surface area contributed by atoms with Gasteiger partial charge in [-0.05, 0) is 13.0 Å². The monoisotopic (exact) mass is 329 g/mol. The van der Waals surface area contributed by atoms with E-state index in [9.17, 15) is 15.3 Å². The van der Waals surface area contributed by atoms with Crippen molar-refractivity contribution in [3.8, 4) is 0 Å². The molecule has 0 aliphatic carbocycles. The van der Waals surface area contributed by atoms with E-state index in [1.807, 2.05) is 35.8 Å². The average molecular weight is 329 g/mol. The minimum Gasteiger partial charge on any atom is -0.394 e. The van der Waals surface area contributed by atoms with Crippen molar-refractivity contribution in [3.63, 3.8) is 0 Å². The number of aryl methyl sites for hydroxylation is 1. The van der Waals surface area contributed by atoms with Gasteiger partial charge >= 0.3 is 0 Å². The first kappa shape index (κ1) is 15.5. The van der Waals surface area contributed by atoms with Crippen LogP contribution in [-0.2, 0) is 11.3 Å². The molecule has 0 bridgehead atoms. The summed E-state index contributed by atoms with van der Waals surface area (Å²) in [6.45, 7) is 1.94. The van der Waals surface area contributed by atoms with Crippen molar-refractivity contribution >= 4 is 21.9 Å². The topological polar surface area (TPSA) is 101 Å². The van der Waals surface area contributed by atoms with Crippen LogP contribution in [-0.4, -0.2) is 60.9 Å². The number of hydrogen-bond donors (Lipinski definition) is 3. The molecule has 7 heteroatoms. The van der Waals surface area contributed by atoms with Crippen LogP contribution in [0.25, 0.3) is 21.9 Å². The van der Waals surface area contributed by atoms with Crippen molar-refractivity contribution in [1.29, 1.82) is 0 Å². The Labute approximate surface area is 138 Å². The zero-order valence-corrected chi connectivity index (χ0v) is 13.2. The summed E-state index contributed by atoms with van der Waals surface area (Å²) in [5.74, 6) is 0. The van der Waals surface area contributed by atoms with Gasteiger partial charge in [0.25, 0.3) is 0 Å². The van der Waals surface area contributed by atoms with E-state index in [0.717, 1.165) is 27.6 Å². The summed E-state index contributed by atoms with van der Waals surface area (Å²) < 4.78 is 7.59. The molecule has 0 saturated carbocycles. The van der Waals surface area contributed by atoms with Gasteiger partial charge in [-0.2, -0.15) is 0 Å². The lowest BCUT2D eigenvalue weighted by molar-refractivity contribution is -0.0259. The van der Waals surface area contributed by atoms with E-state index < -0.39 is 24.4 Å². The fourth-order valence-corrected chi connectivity index (χ4v) is 3.51. The Morgan fingerprint density at radius 3 is 2.62 bits per heavy atom. The lowest BCUT2D eigenvalue weighted by atomic mass is 10.1. The Morgan fingerprint density at radius 1 is 1.12 bits per heavy atom. The first-order chi connectivity index (χ1) is 11.6. The number of aliphatic hydroxyl groups is 3. The minimum atomic E-state index is -1.09.